The summed E-state index contributed by atoms with van der Waals surface area (Å²) >= 11 is 0. The van der Waals surface area contributed by atoms with E-state index >= 15 is 0 Å². The third-order valence-electron chi connectivity index (χ3n) is 4.33. The van der Waals surface area contributed by atoms with Crippen LogP contribution in [-0.2, 0) is 17.6 Å². The van der Waals surface area contributed by atoms with E-state index in [1.165, 1.54) is 5.56 Å². The van der Waals surface area contributed by atoms with Gasteiger partial charge in [0.25, 0.3) is 5.91 Å². The summed E-state index contributed by atoms with van der Waals surface area (Å²) < 4.78 is 5.60. The largest absolute Gasteiger partial charge is 0.464 e. The fourth-order valence-electron chi connectivity index (χ4n) is 2.90. The van der Waals surface area contributed by atoms with Gasteiger partial charge in [0.15, 0.2) is 0 Å². The van der Waals surface area contributed by atoms with Gasteiger partial charge in [0.2, 0.25) is 5.91 Å². The van der Waals surface area contributed by atoms with Crippen molar-refractivity contribution in [2.24, 2.45) is 0 Å². The fourth-order valence-corrected chi connectivity index (χ4v) is 2.90. The van der Waals surface area contributed by atoms with Crippen molar-refractivity contribution in [1.29, 1.82) is 0 Å². The molecule has 0 aliphatic carbocycles. The number of carbonyl (C=O) groups is 2. The van der Waals surface area contributed by atoms with Gasteiger partial charge >= 0.3 is 0 Å². The summed E-state index contributed by atoms with van der Waals surface area (Å²) in [6, 6.07) is 12.9. The second kappa shape index (κ2) is 8.36. The summed E-state index contributed by atoms with van der Waals surface area (Å²) in [5.41, 5.74) is 3.68. The molecule has 0 saturated heterocycles. The molecule has 2 aromatic carbocycles. The molecule has 3 rings (SSSR count). The zero-order chi connectivity index (χ0) is 19.2. The molecule has 138 valence electrons. The molecule has 1 heterocycles. The first kappa shape index (κ1) is 18.5. The number of hydrogen-bond acceptors (Lipinski definition) is 3. The van der Waals surface area contributed by atoms with Crippen molar-refractivity contribution in [2.45, 2.75) is 19.8 Å². The molecular weight excluding hydrogens is 340 g/mol. The highest BCUT2D eigenvalue weighted by Gasteiger charge is 2.15. The second-order valence-electron chi connectivity index (χ2n) is 6.21. The highest BCUT2D eigenvalue weighted by atomic mass is 16.3. The quantitative estimate of drug-likeness (QED) is 0.622. The Morgan fingerprint density at radius 3 is 2.78 bits per heavy atom. The standard InChI is InChI=1S/C22H22N2O3/c1-3-11-23-22(26)18-7-5-6-8-19(18)24-21(25)13-16-14-27-20-12-15(4-2)9-10-17(16)20/h3,5-10,12,14H,1,4,11,13H2,2H3,(H,23,26)(H,24,25). The first-order valence-electron chi connectivity index (χ1n) is 8.89. The summed E-state index contributed by atoms with van der Waals surface area (Å²) in [6.45, 7) is 6.03. The predicted octanol–water partition coefficient (Wildman–Crippen LogP) is 4.09. The van der Waals surface area contributed by atoms with Crippen molar-refractivity contribution in [1.82, 2.24) is 5.32 Å². The Kier molecular flexibility index (Phi) is 5.71. The van der Waals surface area contributed by atoms with E-state index in [0.717, 1.165) is 23.0 Å². The topological polar surface area (TPSA) is 71.3 Å². The molecular formula is C22H22N2O3. The minimum Gasteiger partial charge on any atom is -0.464 e. The first-order chi connectivity index (χ1) is 13.1. The number of rotatable bonds is 7. The van der Waals surface area contributed by atoms with Crippen LogP contribution in [0.15, 0.2) is 65.8 Å². The van der Waals surface area contributed by atoms with Crippen molar-refractivity contribution in [2.75, 3.05) is 11.9 Å². The van der Waals surface area contributed by atoms with E-state index in [9.17, 15) is 9.59 Å². The van der Waals surface area contributed by atoms with Crippen molar-refractivity contribution in [3.63, 3.8) is 0 Å². The number of anilines is 1. The van der Waals surface area contributed by atoms with E-state index in [0.29, 0.717) is 17.8 Å². The van der Waals surface area contributed by atoms with Gasteiger partial charge in [0.05, 0.1) is 23.9 Å². The Morgan fingerprint density at radius 1 is 1.19 bits per heavy atom. The molecule has 27 heavy (non-hydrogen) atoms. The summed E-state index contributed by atoms with van der Waals surface area (Å²) in [5, 5.41) is 6.48. The smallest absolute Gasteiger partial charge is 0.253 e. The number of benzene rings is 2. The molecule has 5 nitrogen and oxygen atoms in total. The average molecular weight is 362 g/mol. The number of para-hydroxylation sites is 1. The van der Waals surface area contributed by atoms with E-state index in [-0.39, 0.29) is 18.2 Å². The molecule has 0 unspecified atom stereocenters. The van der Waals surface area contributed by atoms with E-state index in [4.69, 9.17) is 4.42 Å². The highest BCUT2D eigenvalue weighted by Crippen LogP contribution is 2.24. The van der Waals surface area contributed by atoms with Crippen LogP contribution < -0.4 is 10.6 Å². The number of hydrogen-bond donors (Lipinski definition) is 2. The molecule has 0 aliphatic heterocycles. The van der Waals surface area contributed by atoms with Crippen molar-refractivity contribution in [3.05, 3.63) is 78.1 Å². The zero-order valence-corrected chi connectivity index (χ0v) is 15.2. The molecule has 0 radical (unpaired) electrons. The maximum atomic E-state index is 12.5. The van der Waals surface area contributed by atoms with Crippen molar-refractivity contribution >= 4 is 28.5 Å². The molecule has 0 atom stereocenters. The average Bonchev–Trinajstić information content (AvgIpc) is 3.08. The van der Waals surface area contributed by atoms with Crippen LogP contribution in [-0.4, -0.2) is 18.4 Å². The molecule has 2 N–H and O–H groups in total. The first-order valence-corrected chi connectivity index (χ1v) is 8.89. The van der Waals surface area contributed by atoms with E-state index < -0.39 is 0 Å². The van der Waals surface area contributed by atoms with Gasteiger partial charge in [-0.2, -0.15) is 0 Å². The predicted molar refractivity (Wildman–Crippen MR) is 107 cm³/mol. The van der Waals surface area contributed by atoms with E-state index in [1.807, 2.05) is 18.2 Å². The minimum absolute atomic E-state index is 0.168. The maximum Gasteiger partial charge on any atom is 0.253 e. The minimum atomic E-state index is -0.258. The fraction of sp³-hybridized carbons (Fsp3) is 0.182. The van der Waals surface area contributed by atoms with E-state index in [1.54, 1.807) is 36.6 Å². The van der Waals surface area contributed by atoms with E-state index in [2.05, 4.69) is 24.1 Å². The number of aryl methyl sites for hydroxylation is 1. The van der Waals surface area contributed by atoms with Gasteiger partial charge in [0.1, 0.15) is 5.58 Å². The van der Waals surface area contributed by atoms with Crippen LogP contribution in [0.25, 0.3) is 11.0 Å². The molecule has 0 aliphatic rings. The molecule has 5 heteroatoms. The van der Waals surface area contributed by atoms with Crippen LogP contribution in [0.5, 0.6) is 0 Å². The van der Waals surface area contributed by atoms with Crippen LogP contribution >= 0.6 is 0 Å². The van der Waals surface area contributed by atoms with Gasteiger partial charge in [-0.25, -0.2) is 0 Å². The summed E-state index contributed by atoms with van der Waals surface area (Å²) in [7, 11) is 0. The molecule has 0 bridgehead atoms. The lowest BCUT2D eigenvalue weighted by atomic mass is 10.1. The lowest BCUT2D eigenvalue weighted by Crippen LogP contribution is -2.25. The van der Waals surface area contributed by atoms with Crippen LogP contribution in [0.2, 0.25) is 0 Å². The molecule has 0 spiro atoms. The lowest BCUT2D eigenvalue weighted by molar-refractivity contribution is -0.115. The van der Waals surface area contributed by atoms with Gasteiger partial charge < -0.3 is 15.1 Å². The third-order valence-corrected chi connectivity index (χ3v) is 4.33. The Hall–Kier alpha value is -3.34. The third kappa shape index (κ3) is 4.26. The summed E-state index contributed by atoms with van der Waals surface area (Å²) in [6.07, 6.45) is 4.32. The van der Waals surface area contributed by atoms with Crippen LogP contribution in [0, 0.1) is 0 Å². The monoisotopic (exact) mass is 362 g/mol. The second-order valence-corrected chi connectivity index (χ2v) is 6.21. The Labute approximate surface area is 158 Å². The van der Waals surface area contributed by atoms with Gasteiger partial charge in [-0.05, 0) is 30.2 Å². The number of fused-ring (bicyclic) bond motifs is 1. The Morgan fingerprint density at radius 2 is 2.00 bits per heavy atom. The zero-order valence-electron chi connectivity index (χ0n) is 15.2. The van der Waals surface area contributed by atoms with Crippen LogP contribution in [0.3, 0.4) is 0 Å². The molecule has 0 saturated carbocycles. The van der Waals surface area contributed by atoms with Gasteiger partial charge in [0, 0.05) is 17.5 Å². The molecule has 2 amide bonds. The van der Waals surface area contributed by atoms with Gasteiger partial charge in [-0.15, -0.1) is 6.58 Å². The lowest BCUT2D eigenvalue weighted by Gasteiger charge is -2.10. The number of furan rings is 1. The number of amides is 2. The van der Waals surface area contributed by atoms with Crippen LogP contribution in [0.4, 0.5) is 5.69 Å². The van der Waals surface area contributed by atoms with Crippen molar-refractivity contribution < 1.29 is 14.0 Å². The van der Waals surface area contributed by atoms with Crippen molar-refractivity contribution in [3.8, 4) is 0 Å². The van der Waals surface area contributed by atoms with Crippen LogP contribution in [0.1, 0.15) is 28.4 Å². The van der Waals surface area contributed by atoms with Gasteiger partial charge in [-0.1, -0.05) is 37.3 Å². The SMILES string of the molecule is C=CCNC(=O)c1ccccc1NC(=O)Cc1coc2cc(CC)ccc12. The normalized spacial score (nSPS) is 10.6. The number of nitrogens with one attached hydrogen (secondary N) is 2. The summed E-state index contributed by atoms with van der Waals surface area (Å²) in [4.78, 5) is 24.8. The molecule has 3 aromatic rings. The van der Waals surface area contributed by atoms with Gasteiger partial charge in [-0.3, -0.25) is 9.59 Å². The Bertz CT molecular complexity index is 988. The highest BCUT2D eigenvalue weighted by molar-refractivity contribution is 6.04. The summed E-state index contributed by atoms with van der Waals surface area (Å²) in [5.74, 6) is -0.465. The molecule has 0 fully saturated rings. The number of carbonyl (C=O) groups excluding carboxylic acids is 2. The Balaban J connectivity index is 1.75. The maximum absolute atomic E-state index is 12.5. The molecule has 1 aromatic heterocycles.